The molecule has 0 aromatic heterocycles. The van der Waals surface area contributed by atoms with E-state index in [1.54, 1.807) is 6.92 Å². The molecule has 1 heterocycles. The Labute approximate surface area is 182 Å². The molecule has 2 atom stereocenters. The fourth-order valence-electron chi connectivity index (χ4n) is 3.97. The lowest BCUT2D eigenvalue weighted by atomic mass is 9.95. The Balaban J connectivity index is 1.43. The Bertz CT molecular complexity index is 1090. The third kappa shape index (κ3) is 4.52. The van der Waals surface area contributed by atoms with Gasteiger partial charge in [-0.3, -0.25) is 9.59 Å². The first-order valence-electron chi connectivity index (χ1n) is 10.3. The lowest BCUT2D eigenvalue weighted by molar-refractivity contribution is -0.131. The molecule has 1 N–H and O–H groups in total. The summed E-state index contributed by atoms with van der Waals surface area (Å²) in [6.45, 7) is 1.97. The Hall–Kier alpha value is -3.44. The summed E-state index contributed by atoms with van der Waals surface area (Å²) in [6.07, 6.45) is -0.112. The van der Waals surface area contributed by atoms with Gasteiger partial charge in [0.25, 0.3) is 5.91 Å². The molecule has 5 heteroatoms. The van der Waals surface area contributed by atoms with Gasteiger partial charge in [0.05, 0.1) is 6.54 Å². The second-order valence-electron chi connectivity index (χ2n) is 7.64. The van der Waals surface area contributed by atoms with E-state index in [4.69, 9.17) is 9.47 Å². The number of fused-ring (bicyclic) bond motifs is 1. The lowest BCUT2D eigenvalue weighted by Gasteiger charge is -2.17. The first-order chi connectivity index (χ1) is 15.1. The van der Waals surface area contributed by atoms with Crippen LogP contribution in [-0.4, -0.2) is 31.4 Å². The normalized spacial score (nSPS) is 15.6. The van der Waals surface area contributed by atoms with Crippen molar-refractivity contribution in [2.75, 3.05) is 13.7 Å². The van der Waals surface area contributed by atoms with Crippen molar-refractivity contribution < 1.29 is 19.1 Å². The molecule has 1 aliphatic rings. The number of rotatable bonds is 7. The van der Waals surface area contributed by atoms with Gasteiger partial charge in [0.15, 0.2) is 11.9 Å². The van der Waals surface area contributed by atoms with Crippen LogP contribution in [0.4, 0.5) is 0 Å². The zero-order valence-electron chi connectivity index (χ0n) is 17.6. The van der Waals surface area contributed by atoms with Crippen molar-refractivity contribution in [3.63, 3.8) is 0 Å². The van der Waals surface area contributed by atoms with E-state index in [0.717, 1.165) is 28.0 Å². The quantitative estimate of drug-likeness (QED) is 0.582. The van der Waals surface area contributed by atoms with Crippen molar-refractivity contribution in [1.82, 2.24) is 5.32 Å². The molecule has 31 heavy (non-hydrogen) atoms. The average Bonchev–Trinajstić information content (AvgIpc) is 3.21. The molecule has 0 saturated carbocycles. The van der Waals surface area contributed by atoms with Crippen LogP contribution >= 0.6 is 0 Å². The minimum absolute atomic E-state index is 0.0408. The van der Waals surface area contributed by atoms with Crippen molar-refractivity contribution in [1.29, 1.82) is 0 Å². The van der Waals surface area contributed by atoms with E-state index in [1.807, 2.05) is 66.7 Å². The van der Waals surface area contributed by atoms with Gasteiger partial charge in [0.2, 0.25) is 0 Å². The number of nitrogens with one attached hydrogen (secondary N) is 1. The molecule has 5 nitrogen and oxygen atoms in total. The summed E-state index contributed by atoms with van der Waals surface area (Å²) in [5, 5.41) is 2.95. The summed E-state index contributed by atoms with van der Waals surface area (Å²) in [4.78, 5) is 24.6. The number of hydrogen-bond donors (Lipinski definition) is 1. The Morgan fingerprint density at radius 3 is 2.55 bits per heavy atom. The summed E-state index contributed by atoms with van der Waals surface area (Å²) in [5.74, 6) is 0.665. The first kappa shape index (κ1) is 20.8. The maximum atomic E-state index is 12.6. The molecule has 1 amide bonds. The van der Waals surface area contributed by atoms with Gasteiger partial charge < -0.3 is 14.8 Å². The van der Waals surface area contributed by atoms with Gasteiger partial charge >= 0.3 is 0 Å². The van der Waals surface area contributed by atoms with Gasteiger partial charge in [-0.1, -0.05) is 60.7 Å². The second-order valence-corrected chi connectivity index (χ2v) is 7.64. The maximum Gasteiger partial charge on any atom is 0.253 e. The molecular formula is C26H25NO4. The monoisotopic (exact) mass is 415 g/mol. The van der Waals surface area contributed by atoms with Crippen molar-refractivity contribution >= 4 is 11.7 Å². The number of carbonyl (C=O) groups excluding carboxylic acids is 2. The van der Waals surface area contributed by atoms with Gasteiger partial charge in [0, 0.05) is 19.1 Å². The standard InChI is InChI=1S/C26H25NO4/c1-17(28)22-10-6-7-11-23(22)19-12-13-24-20(14-19)15-21(31-24)16-27-26(29)25(30-2)18-8-4-3-5-9-18/h3-14,21,25H,15-16H2,1-2H3,(H,27,29)/t21-,25-/m0/s1. The third-order valence-electron chi connectivity index (χ3n) is 5.50. The lowest BCUT2D eigenvalue weighted by Crippen LogP contribution is -2.37. The van der Waals surface area contributed by atoms with E-state index in [-0.39, 0.29) is 17.8 Å². The summed E-state index contributed by atoms with van der Waals surface area (Å²) in [7, 11) is 1.53. The maximum absolute atomic E-state index is 12.6. The van der Waals surface area contributed by atoms with Crippen LogP contribution in [0.2, 0.25) is 0 Å². The van der Waals surface area contributed by atoms with Crippen LogP contribution in [0.3, 0.4) is 0 Å². The zero-order chi connectivity index (χ0) is 21.8. The SMILES string of the molecule is CO[C@H](C(=O)NC[C@@H]1Cc2cc(-c3ccccc3C(C)=O)ccc2O1)c1ccccc1. The molecule has 1 aliphatic heterocycles. The molecule has 3 aromatic carbocycles. The van der Waals surface area contributed by atoms with Crippen LogP contribution in [0.15, 0.2) is 72.8 Å². The molecular weight excluding hydrogens is 390 g/mol. The van der Waals surface area contributed by atoms with Crippen molar-refractivity contribution in [3.05, 3.63) is 89.5 Å². The second kappa shape index (κ2) is 9.14. The molecule has 0 bridgehead atoms. The summed E-state index contributed by atoms with van der Waals surface area (Å²) < 4.78 is 11.4. The Morgan fingerprint density at radius 2 is 1.81 bits per heavy atom. The number of hydrogen-bond acceptors (Lipinski definition) is 4. The largest absolute Gasteiger partial charge is 0.488 e. The predicted octanol–water partition coefficient (Wildman–Crippen LogP) is 4.36. The highest BCUT2D eigenvalue weighted by molar-refractivity contribution is 6.00. The highest BCUT2D eigenvalue weighted by Gasteiger charge is 2.26. The van der Waals surface area contributed by atoms with E-state index in [0.29, 0.717) is 18.5 Å². The number of methoxy groups -OCH3 is 1. The Morgan fingerprint density at radius 1 is 1.06 bits per heavy atom. The summed E-state index contributed by atoms with van der Waals surface area (Å²) >= 11 is 0. The van der Waals surface area contributed by atoms with Gasteiger partial charge in [-0.05, 0) is 41.3 Å². The number of ether oxygens (including phenoxy) is 2. The zero-order valence-corrected chi connectivity index (χ0v) is 17.6. The predicted molar refractivity (Wildman–Crippen MR) is 119 cm³/mol. The van der Waals surface area contributed by atoms with Gasteiger partial charge in [-0.2, -0.15) is 0 Å². The van der Waals surface area contributed by atoms with Crippen LogP contribution < -0.4 is 10.1 Å². The highest BCUT2D eigenvalue weighted by Crippen LogP contribution is 2.34. The van der Waals surface area contributed by atoms with Crippen molar-refractivity contribution in [2.45, 2.75) is 25.6 Å². The fraction of sp³-hybridized carbons (Fsp3) is 0.231. The van der Waals surface area contributed by atoms with Crippen molar-refractivity contribution in [2.24, 2.45) is 0 Å². The average molecular weight is 415 g/mol. The third-order valence-corrected chi connectivity index (χ3v) is 5.50. The van der Waals surface area contributed by atoms with E-state index < -0.39 is 6.10 Å². The number of benzene rings is 3. The Kier molecular flexibility index (Phi) is 6.14. The highest BCUT2D eigenvalue weighted by atomic mass is 16.5. The van der Waals surface area contributed by atoms with Crippen LogP contribution in [0, 0.1) is 0 Å². The fourth-order valence-corrected chi connectivity index (χ4v) is 3.97. The summed E-state index contributed by atoms with van der Waals surface area (Å²) in [5.41, 5.74) is 4.49. The van der Waals surface area contributed by atoms with E-state index in [9.17, 15) is 9.59 Å². The molecule has 0 unspecified atom stereocenters. The minimum atomic E-state index is -0.653. The number of Topliss-reactive ketones (excluding diaryl/α,β-unsaturated/α-hetero) is 1. The molecule has 0 spiro atoms. The molecule has 3 aromatic rings. The summed E-state index contributed by atoms with van der Waals surface area (Å²) in [6, 6.07) is 23.0. The van der Waals surface area contributed by atoms with Gasteiger partial charge in [-0.25, -0.2) is 0 Å². The molecule has 158 valence electrons. The molecule has 0 aliphatic carbocycles. The topological polar surface area (TPSA) is 64.6 Å². The molecule has 4 rings (SSSR count). The number of amides is 1. The van der Waals surface area contributed by atoms with E-state index in [1.165, 1.54) is 7.11 Å². The van der Waals surface area contributed by atoms with E-state index in [2.05, 4.69) is 11.4 Å². The van der Waals surface area contributed by atoms with E-state index >= 15 is 0 Å². The first-order valence-corrected chi connectivity index (χ1v) is 10.3. The van der Waals surface area contributed by atoms with Crippen LogP contribution in [0.5, 0.6) is 5.75 Å². The smallest absolute Gasteiger partial charge is 0.253 e. The van der Waals surface area contributed by atoms with Gasteiger partial charge in [0.1, 0.15) is 11.9 Å². The molecule has 0 radical (unpaired) electrons. The number of ketones is 1. The van der Waals surface area contributed by atoms with Crippen LogP contribution in [0.25, 0.3) is 11.1 Å². The van der Waals surface area contributed by atoms with Crippen LogP contribution in [0.1, 0.15) is 34.5 Å². The van der Waals surface area contributed by atoms with Crippen molar-refractivity contribution in [3.8, 4) is 16.9 Å². The molecule has 0 saturated heterocycles. The van der Waals surface area contributed by atoms with Gasteiger partial charge in [-0.15, -0.1) is 0 Å². The number of carbonyl (C=O) groups is 2. The molecule has 0 fully saturated rings. The minimum Gasteiger partial charge on any atom is -0.488 e. The van der Waals surface area contributed by atoms with Crippen LogP contribution in [-0.2, 0) is 16.0 Å².